The van der Waals surface area contributed by atoms with E-state index in [0.717, 1.165) is 13.1 Å². The molecule has 22 heavy (non-hydrogen) atoms. The summed E-state index contributed by atoms with van der Waals surface area (Å²) in [5, 5.41) is 0. The second-order valence-electron chi connectivity index (χ2n) is 5.38. The van der Waals surface area contributed by atoms with Crippen LogP contribution in [-0.4, -0.2) is 62.2 Å². The normalized spacial score (nSPS) is 15.0. The molecule has 0 amide bonds. The van der Waals surface area contributed by atoms with Gasteiger partial charge in [-0.15, -0.1) is 49.6 Å². The molecule has 1 rings (SSSR count). The Kier molecular flexibility index (Phi) is 30.8. The van der Waals surface area contributed by atoms with Crippen molar-refractivity contribution in [1.82, 2.24) is 9.80 Å². The van der Waals surface area contributed by atoms with Crippen LogP contribution < -0.4 is 11.5 Å². The van der Waals surface area contributed by atoms with Crippen LogP contribution >= 0.6 is 49.6 Å². The highest BCUT2D eigenvalue weighted by molar-refractivity contribution is 5.86. The van der Waals surface area contributed by atoms with Crippen molar-refractivity contribution >= 4 is 49.6 Å². The Morgan fingerprint density at radius 3 is 1.09 bits per heavy atom. The summed E-state index contributed by atoms with van der Waals surface area (Å²) in [7, 11) is 0. The summed E-state index contributed by atoms with van der Waals surface area (Å²) in [5.74, 6) is 0. The molecule has 140 valence electrons. The molecule has 0 aromatic rings. The van der Waals surface area contributed by atoms with E-state index in [1.165, 1.54) is 77.8 Å². The third-order valence-corrected chi connectivity index (χ3v) is 3.82. The van der Waals surface area contributed by atoms with Gasteiger partial charge in [-0.2, -0.15) is 0 Å². The average molecular weight is 402 g/mol. The molecule has 0 aromatic heterocycles. The van der Waals surface area contributed by atoms with Gasteiger partial charge >= 0.3 is 0 Å². The number of hydrogen-bond acceptors (Lipinski definition) is 4. The summed E-state index contributed by atoms with van der Waals surface area (Å²) >= 11 is 0. The lowest BCUT2D eigenvalue weighted by Crippen LogP contribution is -2.46. The zero-order valence-corrected chi connectivity index (χ0v) is 16.8. The van der Waals surface area contributed by atoms with E-state index < -0.39 is 0 Å². The maximum Gasteiger partial charge on any atom is 0.0110 e. The first-order valence-corrected chi connectivity index (χ1v) is 7.71. The first kappa shape index (κ1) is 30.8. The van der Waals surface area contributed by atoms with E-state index in [-0.39, 0.29) is 49.6 Å². The van der Waals surface area contributed by atoms with Gasteiger partial charge in [0.25, 0.3) is 0 Å². The number of hydrogen-bond donors (Lipinski definition) is 2. The zero-order chi connectivity index (χ0) is 13.1. The highest BCUT2D eigenvalue weighted by Crippen LogP contribution is 2.06. The molecule has 1 heterocycles. The molecule has 8 heteroatoms. The van der Waals surface area contributed by atoms with Crippen molar-refractivity contribution in [2.75, 3.05) is 52.4 Å². The molecule has 0 saturated carbocycles. The molecule has 0 unspecified atom stereocenters. The molecule has 0 radical (unpaired) electrons. The van der Waals surface area contributed by atoms with E-state index in [2.05, 4.69) is 9.80 Å². The van der Waals surface area contributed by atoms with Gasteiger partial charge in [0.05, 0.1) is 0 Å². The number of nitrogens with two attached hydrogens (primary N) is 2. The van der Waals surface area contributed by atoms with Gasteiger partial charge in [0, 0.05) is 26.2 Å². The summed E-state index contributed by atoms with van der Waals surface area (Å²) in [5.41, 5.74) is 11.0. The lowest BCUT2D eigenvalue weighted by atomic mass is 10.2. The maximum absolute atomic E-state index is 5.51. The Bertz CT molecular complexity index is 174. The molecule has 0 bridgehead atoms. The third kappa shape index (κ3) is 15.9. The lowest BCUT2D eigenvalue weighted by molar-refractivity contribution is 0.129. The topological polar surface area (TPSA) is 58.5 Å². The van der Waals surface area contributed by atoms with Crippen molar-refractivity contribution in [1.29, 1.82) is 0 Å². The SMILES string of the molecule is Cl.Cl.Cl.Cl.NCCCCCN1CCN(CCCCCN)CC1. The van der Waals surface area contributed by atoms with E-state index in [1.54, 1.807) is 0 Å². The van der Waals surface area contributed by atoms with Crippen LogP contribution in [-0.2, 0) is 0 Å². The summed E-state index contributed by atoms with van der Waals surface area (Å²) < 4.78 is 0. The van der Waals surface area contributed by atoms with Crippen LogP contribution in [0.2, 0.25) is 0 Å². The number of unbranched alkanes of at least 4 members (excludes halogenated alkanes) is 4. The van der Waals surface area contributed by atoms with Crippen LogP contribution in [0.1, 0.15) is 38.5 Å². The van der Waals surface area contributed by atoms with Crippen molar-refractivity contribution in [3.63, 3.8) is 0 Å². The summed E-state index contributed by atoms with van der Waals surface area (Å²) in [6.07, 6.45) is 7.56. The van der Waals surface area contributed by atoms with E-state index in [4.69, 9.17) is 11.5 Å². The number of piperazine rings is 1. The van der Waals surface area contributed by atoms with Gasteiger partial charge in [-0.1, -0.05) is 12.8 Å². The van der Waals surface area contributed by atoms with Crippen LogP contribution in [0, 0.1) is 0 Å². The quantitative estimate of drug-likeness (QED) is 0.552. The second-order valence-corrected chi connectivity index (χ2v) is 5.38. The highest BCUT2D eigenvalue weighted by Gasteiger charge is 2.15. The van der Waals surface area contributed by atoms with Gasteiger partial charge in [-0.05, 0) is 51.9 Å². The molecule has 4 N–H and O–H groups in total. The Hall–Kier alpha value is 1.000. The smallest absolute Gasteiger partial charge is 0.0110 e. The van der Waals surface area contributed by atoms with E-state index >= 15 is 0 Å². The van der Waals surface area contributed by atoms with Crippen molar-refractivity contribution < 1.29 is 0 Å². The lowest BCUT2D eigenvalue weighted by Gasteiger charge is -2.34. The Balaban J connectivity index is -0.000000405. The fourth-order valence-electron chi connectivity index (χ4n) is 2.55. The van der Waals surface area contributed by atoms with Gasteiger partial charge in [0.15, 0.2) is 0 Å². The molecular formula is C14H36Cl4N4. The van der Waals surface area contributed by atoms with Gasteiger partial charge in [-0.25, -0.2) is 0 Å². The maximum atomic E-state index is 5.51. The van der Waals surface area contributed by atoms with Crippen LogP contribution in [0.4, 0.5) is 0 Å². The molecular weight excluding hydrogens is 366 g/mol. The van der Waals surface area contributed by atoms with Gasteiger partial charge in [-0.3, -0.25) is 0 Å². The molecule has 1 saturated heterocycles. The number of nitrogens with zero attached hydrogens (tertiary/aromatic N) is 2. The van der Waals surface area contributed by atoms with Gasteiger partial charge in [0.1, 0.15) is 0 Å². The van der Waals surface area contributed by atoms with Crippen LogP contribution in [0.15, 0.2) is 0 Å². The predicted octanol–water partition coefficient (Wildman–Crippen LogP) is 2.55. The molecule has 0 aromatic carbocycles. The van der Waals surface area contributed by atoms with Crippen LogP contribution in [0.3, 0.4) is 0 Å². The third-order valence-electron chi connectivity index (χ3n) is 3.82. The minimum atomic E-state index is 0. The first-order chi connectivity index (χ1) is 8.86. The first-order valence-electron chi connectivity index (χ1n) is 7.71. The summed E-state index contributed by atoms with van der Waals surface area (Å²) in [6.45, 7) is 9.22. The van der Waals surface area contributed by atoms with Gasteiger partial charge in [0.2, 0.25) is 0 Å². The minimum absolute atomic E-state index is 0. The van der Waals surface area contributed by atoms with Crippen molar-refractivity contribution in [2.45, 2.75) is 38.5 Å². The molecule has 1 aliphatic rings. The molecule has 0 aliphatic carbocycles. The summed E-state index contributed by atoms with van der Waals surface area (Å²) in [4.78, 5) is 5.21. The number of rotatable bonds is 10. The zero-order valence-electron chi connectivity index (χ0n) is 13.6. The van der Waals surface area contributed by atoms with E-state index in [1.807, 2.05) is 0 Å². The Morgan fingerprint density at radius 1 is 0.500 bits per heavy atom. The highest BCUT2D eigenvalue weighted by atomic mass is 35.5. The monoisotopic (exact) mass is 400 g/mol. The van der Waals surface area contributed by atoms with Crippen molar-refractivity contribution in [3.05, 3.63) is 0 Å². The molecule has 4 nitrogen and oxygen atoms in total. The Labute approximate surface area is 161 Å². The van der Waals surface area contributed by atoms with Crippen LogP contribution in [0.5, 0.6) is 0 Å². The predicted molar refractivity (Wildman–Crippen MR) is 108 cm³/mol. The Morgan fingerprint density at radius 2 is 0.818 bits per heavy atom. The van der Waals surface area contributed by atoms with Gasteiger partial charge < -0.3 is 21.3 Å². The second kappa shape index (κ2) is 22.0. The summed E-state index contributed by atoms with van der Waals surface area (Å²) in [6, 6.07) is 0. The van der Waals surface area contributed by atoms with Crippen LogP contribution in [0.25, 0.3) is 0 Å². The van der Waals surface area contributed by atoms with E-state index in [9.17, 15) is 0 Å². The average Bonchev–Trinajstić information content (AvgIpc) is 2.41. The molecule has 0 atom stereocenters. The fourth-order valence-corrected chi connectivity index (χ4v) is 2.55. The molecule has 1 aliphatic heterocycles. The van der Waals surface area contributed by atoms with Crippen molar-refractivity contribution in [2.24, 2.45) is 11.5 Å². The van der Waals surface area contributed by atoms with E-state index in [0.29, 0.717) is 0 Å². The molecule has 0 spiro atoms. The molecule has 1 fully saturated rings. The largest absolute Gasteiger partial charge is 0.330 e. The fraction of sp³-hybridized carbons (Fsp3) is 1.00. The number of halogens is 4. The standard InChI is InChI=1S/C14H32N4.4ClH/c15-7-3-1-5-9-17-11-13-18(14-12-17)10-6-2-4-8-16;;;;/h1-16H2;4*1H. The van der Waals surface area contributed by atoms with Crippen molar-refractivity contribution in [3.8, 4) is 0 Å². The minimum Gasteiger partial charge on any atom is -0.330 e.